The molecule has 0 bridgehead atoms. The van der Waals surface area contributed by atoms with E-state index in [0.717, 1.165) is 19.3 Å². The van der Waals surface area contributed by atoms with Crippen molar-refractivity contribution < 1.29 is 5.11 Å². The Morgan fingerprint density at radius 3 is 2.50 bits per heavy atom. The largest absolute Gasteiger partial charge is 0.391 e. The third kappa shape index (κ3) is 3.24. The smallest absolute Gasteiger partial charge is 0.0763 e. The van der Waals surface area contributed by atoms with Gasteiger partial charge in [0.25, 0.3) is 0 Å². The zero-order chi connectivity index (χ0) is 14.8. The lowest BCUT2D eigenvalue weighted by Gasteiger charge is -2.48. The second-order valence-electron chi connectivity index (χ2n) is 6.91. The van der Waals surface area contributed by atoms with Gasteiger partial charge in [-0.1, -0.05) is 49.6 Å². The number of benzene rings is 1. The Balaban J connectivity index is 2.14. The number of aryl methyl sites for hydroxylation is 1. The Labute approximate surface area is 123 Å². The number of hydrogen-bond donors (Lipinski definition) is 1. The summed E-state index contributed by atoms with van der Waals surface area (Å²) in [5.41, 5.74) is 2.46. The summed E-state index contributed by atoms with van der Waals surface area (Å²) in [6.07, 6.45) is 5.20. The fourth-order valence-electron chi connectivity index (χ4n) is 3.71. The number of aliphatic hydroxyl groups excluding tert-OH is 1. The van der Waals surface area contributed by atoms with E-state index in [1.807, 2.05) is 0 Å². The van der Waals surface area contributed by atoms with Crippen LogP contribution in [0.2, 0.25) is 0 Å². The van der Waals surface area contributed by atoms with Crippen molar-refractivity contribution in [1.29, 1.82) is 0 Å². The molecule has 20 heavy (non-hydrogen) atoms. The number of likely N-dealkylation sites (N-methyl/N-ethyl adjacent to an activating group) is 1. The number of nitrogens with zero attached hydrogens (tertiary/aromatic N) is 1. The lowest BCUT2D eigenvalue weighted by molar-refractivity contribution is -0.0424. The highest BCUT2D eigenvalue weighted by atomic mass is 16.3. The van der Waals surface area contributed by atoms with Crippen LogP contribution in [-0.2, 0) is 6.42 Å². The van der Waals surface area contributed by atoms with Crippen LogP contribution in [0.5, 0.6) is 0 Å². The molecule has 3 unspecified atom stereocenters. The predicted octanol–water partition coefficient (Wildman–Crippen LogP) is 3.41. The zero-order valence-electron chi connectivity index (χ0n) is 13.4. The fourth-order valence-corrected chi connectivity index (χ4v) is 3.71. The highest BCUT2D eigenvalue weighted by Gasteiger charge is 2.42. The van der Waals surface area contributed by atoms with E-state index in [9.17, 15) is 5.11 Å². The molecule has 0 aromatic heterocycles. The van der Waals surface area contributed by atoms with Crippen LogP contribution in [0, 0.1) is 12.8 Å². The first-order chi connectivity index (χ1) is 9.44. The van der Waals surface area contributed by atoms with Gasteiger partial charge in [-0.25, -0.2) is 0 Å². The van der Waals surface area contributed by atoms with Crippen LogP contribution >= 0.6 is 0 Å². The number of rotatable bonds is 4. The van der Waals surface area contributed by atoms with Gasteiger partial charge in [-0.15, -0.1) is 0 Å². The summed E-state index contributed by atoms with van der Waals surface area (Å²) in [6, 6.07) is 8.56. The molecule has 0 radical (unpaired) electrons. The summed E-state index contributed by atoms with van der Waals surface area (Å²) in [5.74, 6) is 0.707. The first-order valence-electron chi connectivity index (χ1n) is 7.85. The summed E-state index contributed by atoms with van der Waals surface area (Å²) in [4.78, 5) is 2.27. The average Bonchev–Trinajstić information content (AvgIpc) is 2.41. The summed E-state index contributed by atoms with van der Waals surface area (Å²) < 4.78 is 0. The third-order valence-electron chi connectivity index (χ3n) is 5.07. The monoisotopic (exact) mass is 275 g/mol. The van der Waals surface area contributed by atoms with Gasteiger partial charge in [-0.2, -0.15) is 0 Å². The van der Waals surface area contributed by atoms with Crippen molar-refractivity contribution in [2.24, 2.45) is 5.92 Å². The van der Waals surface area contributed by atoms with Gasteiger partial charge in [0.05, 0.1) is 6.10 Å². The second-order valence-corrected chi connectivity index (χ2v) is 6.91. The van der Waals surface area contributed by atoms with E-state index in [1.165, 1.54) is 24.0 Å². The van der Waals surface area contributed by atoms with E-state index >= 15 is 0 Å². The quantitative estimate of drug-likeness (QED) is 0.910. The van der Waals surface area contributed by atoms with Gasteiger partial charge in [-0.05, 0) is 45.3 Å². The maximum Gasteiger partial charge on any atom is 0.0763 e. The van der Waals surface area contributed by atoms with E-state index in [-0.39, 0.29) is 11.6 Å². The van der Waals surface area contributed by atoms with Crippen LogP contribution in [0.3, 0.4) is 0 Å². The van der Waals surface area contributed by atoms with Crippen molar-refractivity contribution in [3.63, 3.8) is 0 Å². The normalized spacial score (nSPS) is 28.6. The maximum absolute atomic E-state index is 10.9. The molecule has 1 N–H and O–H groups in total. The van der Waals surface area contributed by atoms with E-state index in [1.54, 1.807) is 0 Å². The molecular weight excluding hydrogens is 246 g/mol. The van der Waals surface area contributed by atoms with Crippen LogP contribution in [0.25, 0.3) is 0 Å². The topological polar surface area (TPSA) is 23.5 Å². The summed E-state index contributed by atoms with van der Waals surface area (Å²) >= 11 is 0. The Bertz CT molecular complexity index is 426. The first-order valence-corrected chi connectivity index (χ1v) is 7.85. The van der Waals surface area contributed by atoms with Crippen molar-refractivity contribution in [2.45, 2.75) is 57.6 Å². The number of hydrogen-bond acceptors (Lipinski definition) is 2. The predicted molar refractivity (Wildman–Crippen MR) is 84.9 cm³/mol. The Hall–Kier alpha value is -0.860. The fraction of sp³-hybridized carbons (Fsp3) is 0.667. The molecule has 2 rings (SSSR count). The van der Waals surface area contributed by atoms with Crippen molar-refractivity contribution in [3.05, 3.63) is 35.4 Å². The highest BCUT2D eigenvalue weighted by Crippen LogP contribution is 2.39. The Morgan fingerprint density at radius 2 is 1.95 bits per heavy atom. The SMILES string of the molecule is Cc1ccc(CC(O)C2(N(C)C)CCCC(C)C2)cc1. The van der Waals surface area contributed by atoms with Gasteiger partial charge in [0.2, 0.25) is 0 Å². The van der Waals surface area contributed by atoms with E-state index in [2.05, 4.69) is 57.1 Å². The Morgan fingerprint density at radius 1 is 1.30 bits per heavy atom. The van der Waals surface area contributed by atoms with E-state index in [0.29, 0.717) is 5.92 Å². The summed E-state index contributed by atoms with van der Waals surface area (Å²) in [5, 5.41) is 10.9. The molecule has 0 saturated heterocycles. The molecule has 2 nitrogen and oxygen atoms in total. The van der Waals surface area contributed by atoms with Gasteiger partial charge < -0.3 is 10.0 Å². The molecule has 1 saturated carbocycles. The van der Waals surface area contributed by atoms with Crippen LogP contribution in [0.1, 0.15) is 43.7 Å². The Kier molecular flexibility index (Phi) is 4.87. The molecule has 0 aliphatic heterocycles. The molecule has 2 heteroatoms. The highest BCUT2D eigenvalue weighted by molar-refractivity contribution is 5.22. The number of aliphatic hydroxyl groups is 1. The molecule has 0 amide bonds. The molecule has 1 aliphatic carbocycles. The molecular formula is C18H29NO. The molecule has 1 aromatic carbocycles. The average molecular weight is 275 g/mol. The second kappa shape index (κ2) is 6.28. The minimum atomic E-state index is -0.289. The van der Waals surface area contributed by atoms with Crippen molar-refractivity contribution >= 4 is 0 Å². The standard InChI is InChI=1S/C18H29NO/c1-14-7-9-16(10-8-14)12-17(20)18(19(3)4)11-5-6-15(2)13-18/h7-10,15,17,20H,5-6,11-13H2,1-4H3. The molecule has 1 aromatic rings. The molecule has 1 aliphatic rings. The maximum atomic E-state index is 10.9. The molecule has 112 valence electrons. The lowest BCUT2D eigenvalue weighted by atomic mass is 9.71. The summed E-state index contributed by atoms with van der Waals surface area (Å²) in [6.45, 7) is 4.42. The van der Waals surface area contributed by atoms with Gasteiger partial charge in [0.15, 0.2) is 0 Å². The minimum Gasteiger partial charge on any atom is -0.391 e. The van der Waals surface area contributed by atoms with Crippen LogP contribution < -0.4 is 0 Å². The molecule has 0 heterocycles. The lowest BCUT2D eigenvalue weighted by Crippen LogP contribution is -2.56. The van der Waals surface area contributed by atoms with Gasteiger partial charge in [-0.3, -0.25) is 0 Å². The van der Waals surface area contributed by atoms with Crippen molar-refractivity contribution in [3.8, 4) is 0 Å². The van der Waals surface area contributed by atoms with E-state index in [4.69, 9.17) is 0 Å². The van der Waals surface area contributed by atoms with Crippen LogP contribution in [-0.4, -0.2) is 35.7 Å². The van der Waals surface area contributed by atoms with Crippen LogP contribution in [0.4, 0.5) is 0 Å². The third-order valence-corrected chi connectivity index (χ3v) is 5.07. The van der Waals surface area contributed by atoms with Crippen LogP contribution in [0.15, 0.2) is 24.3 Å². The minimum absolute atomic E-state index is 0.0530. The van der Waals surface area contributed by atoms with Gasteiger partial charge in [0.1, 0.15) is 0 Å². The molecule has 0 spiro atoms. The van der Waals surface area contributed by atoms with E-state index < -0.39 is 0 Å². The molecule has 1 fully saturated rings. The summed E-state index contributed by atoms with van der Waals surface area (Å²) in [7, 11) is 4.24. The van der Waals surface area contributed by atoms with Gasteiger partial charge >= 0.3 is 0 Å². The van der Waals surface area contributed by atoms with Crippen molar-refractivity contribution in [1.82, 2.24) is 4.90 Å². The van der Waals surface area contributed by atoms with Gasteiger partial charge in [0, 0.05) is 12.0 Å². The first kappa shape index (κ1) is 15.5. The molecule has 3 atom stereocenters. The van der Waals surface area contributed by atoms with Crippen molar-refractivity contribution in [2.75, 3.05) is 14.1 Å². The zero-order valence-corrected chi connectivity index (χ0v) is 13.4.